The maximum atomic E-state index is 5.81. The van der Waals surface area contributed by atoms with Gasteiger partial charge in [0.25, 0.3) is 0 Å². The van der Waals surface area contributed by atoms with E-state index in [4.69, 9.17) is 4.74 Å². The van der Waals surface area contributed by atoms with Gasteiger partial charge in [0.15, 0.2) is 0 Å². The summed E-state index contributed by atoms with van der Waals surface area (Å²) >= 11 is 1.88. The highest BCUT2D eigenvalue weighted by atomic mass is 32.1. The van der Waals surface area contributed by atoms with Crippen molar-refractivity contribution in [3.63, 3.8) is 0 Å². The summed E-state index contributed by atoms with van der Waals surface area (Å²) < 4.78 is 5.81. The van der Waals surface area contributed by atoms with Crippen molar-refractivity contribution in [2.75, 3.05) is 13.2 Å². The first-order valence-electron chi connectivity index (χ1n) is 7.59. The van der Waals surface area contributed by atoms with Gasteiger partial charge in [-0.05, 0) is 44.0 Å². The van der Waals surface area contributed by atoms with Crippen LogP contribution in [0, 0.1) is 6.92 Å². The number of aromatic nitrogens is 1. The predicted octanol–water partition coefficient (Wildman–Crippen LogP) is 3.63. The number of hydrogen-bond donors (Lipinski definition) is 0. The fourth-order valence-corrected chi connectivity index (χ4v) is 3.71. The summed E-state index contributed by atoms with van der Waals surface area (Å²) in [5.74, 6) is 0. The molecular weight excluding hydrogens is 280 g/mol. The second-order valence-electron chi connectivity index (χ2n) is 5.64. The van der Waals surface area contributed by atoms with Gasteiger partial charge >= 0.3 is 0 Å². The zero-order valence-corrected chi connectivity index (χ0v) is 13.3. The number of rotatable bonds is 6. The average Bonchev–Trinajstić information content (AvgIpc) is 3.12. The Balaban J connectivity index is 1.67. The minimum Gasteiger partial charge on any atom is -0.377 e. The van der Waals surface area contributed by atoms with Crippen LogP contribution < -0.4 is 0 Å². The van der Waals surface area contributed by atoms with Crippen LogP contribution in [0.3, 0.4) is 0 Å². The van der Waals surface area contributed by atoms with Crippen molar-refractivity contribution in [1.29, 1.82) is 0 Å². The Morgan fingerprint density at radius 3 is 2.90 bits per heavy atom. The summed E-state index contributed by atoms with van der Waals surface area (Å²) in [6.07, 6.45) is 4.63. The highest BCUT2D eigenvalue weighted by Crippen LogP contribution is 2.20. The molecular formula is C17H22N2OS. The van der Waals surface area contributed by atoms with E-state index < -0.39 is 0 Å². The molecule has 1 aliphatic heterocycles. The van der Waals surface area contributed by atoms with Gasteiger partial charge in [-0.1, -0.05) is 6.07 Å². The molecule has 0 unspecified atom stereocenters. The van der Waals surface area contributed by atoms with Gasteiger partial charge in [0.05, 0.1) is 11.8 Å². The number of pyridine rings is 1. The van der Waals surface area contributed by atoms with Crippen molar-refractivity contribution in [1.82, 2.24) is 9.88 Å². The number of ether oxygens (including phenoxy) is 1. The molecule has 4 heteroatoms. The van der Waals surface area contributed by atoms with Crippen molar-refractivity contribution < 1.29 is 4.74 Å². The average molecular weight is 302 g/mol. The normalized spacial score (nSPS) is 18.5. The Morgan fingerprint density at radius 1 is 1.29 bits per heavy atom. The van der Waals surface area contributed by atoms with E-state index in [9.17, 15) is 0 Å². The van der Waals surface area contributed by atoms with Crippen molar-refractivity contribution in [2.45, 2.75) is 39.0 Å². The molecule has 1 saturated heterocycles. The largest absolute Gasteiger partial charge is 0.377 e. The Labute approximate surface area is 130 Å². The fourth-order valence-electron chi connectivity index (χ4n) is 2.77. The number of nitrogens with zero attached hydrogens (tertiary/aromatic N) is 2. The van der Waals surface area contributed by atoms with Crippen LogP contribution in [0.15, 0.2) is 36.5 Å². The quantitative estimate of drug-likeness (QED) is 0.814. The summed E-state index contributed by atoms with van der Waals surface area (Å²) in [4.78, 5) is 9.72. The Bertz CT molecular complexity index is 549. The third-order valence-corrected chi connectivity index (χ3v) is 4.76. The minimum atomic E-state index is 0.384. The maximum absolute atomic E-state index is 5.81. The maximum Gasteiger partial charge on any atom is 0.0703 e. The second kappa shape index (κ2) is 7.16. The number of hydrogen-bond acceptors (Lipinski definition) is 4. The molecule has 3 rings (SSSR count). The molecule has 0 N–H and O–H groups in total. The van der Waals surface area contributed by atoms with E-state index in [0.29, 0.717) is 6.10 Å². The Kier molecular flexibility index (Phi) is 5.01. The van der Waals surface area contributed by atoms with Crippen LogP contribution in [-0.4, -0.2) is 29.1 Å². The zero-order chi connectivity index (χ0) is 14.5. The van der Waals surface area contributed by atoms with Crippen LogP contribution in [0.4, 0.5) is 0 Å². The predicted molar refractivity (Wildman–Crippen MR) is 86.4 cm³/mol. The van der Waals surface area contributed by atoms with Crippen LogP contribution in [0.25, 0.3) is 0 Å². The molecule has 2 aromatic rings. The lowest BCUT2D eigenvalue weighted by Gasteiger charge is -2.24. The summed E-state index contributed by atoms with van der Waals surface area (Å²) in [7, 11) is 0. The van der Waals surface area contributed by atoms with Crippen LogP contribution >= 0.6 is 11.3 Å². The molecule has 3 heterocycles. The molecule has 0 radical (unpaired) electrons. The van der Waals surface area contributed by atoms with E-state index in [-0.39, 0.29) is 0 Å². The van der Waals surface area contributed by atoms with E-state index in [0.717, 1.165) is 31.9 Å². The van der Waals surface area contributed by atoms with Crippen molar-refractivity contribution in [3.8, 4) is 0 Å². The van der Waals surface area contributed by atoms with Crippen molar-refractivity contribution in [3.05, 3.63) is 52.0 Å². The highest BCUT2D eigenvalue weighted by molar-refractivity contribution is 7.11. The van der Waals surface area contributed by atoms with Crippen molar-refractivity contribution >= 4 is 11.3 Å². The first kappa shape index (κ1) is 14.7. The van der Waals surface area contributed by atoms with E-state index >= 15 is 0 Å². The van der Waals surface area contributed by atoms with E-state index in [1.54, 1.807) is 0 Å². The Morgan fingerprint density at radius 2 is 2.24 bits per heavy atom. The van der Waals surface area contributed by atoms with Gasteiger partial charge in [-0.3, -0.25) is 9.88 Å². The monoisotopic (exact) mass is 302 g/mol. The van der Waals surface area contributed by atoms with Crippen LogP contribution in [0.1, 0.15) is 28.3 Å². The van der Waals surface area contributed by atoms with Gasteiger partial charge in [-0.25, -0.2) is 0 Å². The lowest BCUT2D eigenvalue weighted by molar-refractivity contribution is 0.0678. The van der Waals surface area contributed by atoms with Gasteiger partial charge in [0.1, 0.15) is 0 Å². The van der Waals surface area contributed by atoms with E-state index in [2.05, 4.69) is 41.1 Å². The molecule has 112 valence electrons. The minimum absolute atomic E-state index is 0.384. The van der Waals surface area contributed by atoms with Crippen LogP contribution in [0.5, 0.6) is 0 Å². The molecule has 0 saturated carbocycles. The van der Waals surface area contributed by atoms with Crippen molar-refractivity contribution in [2.24, 2.45) is 0 Å². The molecule has 2 aromatic heterocycles. The van der Waals surface area contributed by atoms with E-state index in [1.807, 2.05) is 23.6 Å². The molecule has 1 fully saturated rings. The summed E-state index contributed by atoms with van der Waals surface area (Å²) in [6, 6.07) is 10.6. The molecule has 1 aliphatic rings. The summed E-state index contributed by atoms with van der Waals surface area (Å²) in [6.45, 7) is 5.94. The third kappa shape index (κ3) is 4.37. The van der Waals surface area contributed by atoms with Gasteiger partial charge < -0.3 is 4.74 Å². The lowest BCUT2D eigenvalue weighted by Crippen LogP contribution is -2.31. The van der Waals surface area contributed by atoms with Gasteiger partial charge in [0.2, 0.25) is 0 Å². The SMILES string of the molecule is Cc1ccc(CN(Cc2ccccn2)C[C@@H]2CCCO2)s1. The molecule has 0 bridgehead atoms. The molecule has 3 nitrogen and oxygen atoms in total. The number of thiophene rings is 1. The summed E-state index contributed by atoms with van der Waals surface area (Å²) in [5.41, 5.74) is 1.13. The Hall–Kier alpha value is -1.23. The molecule has 0 aliphatic carbocycles. The second-order valence-corrected chi connectivity index (χ2v) is 7.01. The first-order valence-corrected chi connectivity index (χ1v) is 8.40. The molecule has 1 atom stereocenters. The van der Waals surface area contributed by atoms with Crippen LogP contribution in [0.2, 0.25) is 0 Å². The van der Waals surface area contributed by atoms with E-state index in [1.165, 1.54) is 22.6 Å². The van der Waals surface area contributed by atoms with Gasteiger partial charge in [-0.2, -0.15) is 0 Å². The standard InChI is InChI=1S/C17H22N2OS/c1-14-7-8-17(21-14)13-19(12-16-6-4-10-20-16)11-15-5-2-3-9-18-15/h2-3,5,7-9,16H,4,6,10-13H2,1H3/t16-/m0/s1. The molecule has 21 heavy (non-hydrogen) atoms. The highest BCUT2D eigenvalue weighted by Gasteiger charge is 2.20. The van der Waals surface area contributed by atoms with Gasteiger partial charge in [0, 0.05) is 42.2 Å². The summed E-state index contributed by atoms with van der Waals surface area (Å²) in [5, 5.41) is 0. The zero-order valence-electron chi connectivity index (χ0n) is 12.5. The smallest absolute Gasteiger partial charge is 0.0703 e. The molecule has 0 amide bonds. The molecule has 0 spiro atoms. The van der Waals surface area contributed by atoms with Crippen LogP contribution in [-0.2, 0) is 17.8 Å². The number of aryl methyl sites for hydroxylation is 1. The third-order valence-electron chi connectivity index (χ3n) is 3.77. The fraction of sp³-hybridized carbons (Fsp3) is 0.471. The first-order chi connectivity index (χ1) is 10.3. The molecule has 0 aromatic carbocycles. The topological polar surface area (TPSA) is 25.4 Å². The van der Waals surface area contributed by atoms with Gasteiger partial charge in [-0.15, -0.1) is 11.3 Å². The lowest BCUT2D eigenvalue weighted by atomic mass is 10.2.